The number of aromatic carboxylic acids is 1. The van der Waals surface area contributed by atoms with Gasteiger partial charge in [0.15, 0.2) is 0 Å². The van der Waals surface area contributed by atoms with Crippen LogP contribution in [0, 0.1) is 5.82 Å². The summed E-state index contributed by atoms with van der Waals surface area (Å²) in [5.74, 6) is -1.31. The second-order valence-electron chi connectivity index (χ2n) is 7.41. The fourth-order valence-electron chi connectivity index (χ4n) is 3.72. The summed E-state index contributed by atoms with van der Waals surface area (Å²) >= 11 is 12.2. The molecule has 0 radical (unpaired) electrons. The maximum Gasteiger partial charge on any atom is 0.338 e. The number of hydrogen-bond acceptors (Lipinski definition) is 3. The van der Waals surface area contributed by atoms with Gasteiger partial charge in [0.05, 0.1) is 12.1 Å². The van der Waals surface area contributed by atoms with Gasteiger partial charge in [-0.1, -0.05) is 23.2 Å². The molecule has 1 atom stereocenters. The normalized spacial score (nSPS) is 19.5. The van der Waals surface area contributed by atoms with Crippen LogP contribution in [-0.4, -0.2) is 30.3 Å². The number of hydrogen-bond donors (Lipinski definition) is 1. The molecule has 1 saturated carbocycles. The lowest BCUT2D eigenvalue weighted by Gasteiger charge is -2.35. The van der Waals surface area contributed by atoms with Gasteiger partial charge in [0.2, 0.25) is 0 Å². The summed E-state index contributed by atoms with van der Waals surface area (Å²) < 4.78 is 20.4. The maximum absolute atomic E-state index is 14.2. The lowest BCUT2D eigenvalue weighted by molar-refractivity contribution is 0.0691. The fourth-order valence-corrected chi connectivity index (χ4v) is 4.24. The van der Waals surface area contributed by atoms with E-state index in [9.17, 15) is 14.3 Å². The standard InChI is InChI=1S/C21H20Cl2FNO3/c22-13-6-14(23)8-15(7-13)25-5-1-2-16(11-25)28-20-10-19(24)18(21(26)27)9-17(20)12-3-4-12/h6-10,12,16H,1-5,11H2,(H,26,27)/t16-/m1/s1. The number of anilines is 1. The molecule has 0 spiro atoms. The second-order valence-corrected chi connectivity index (χ2v) is 8.28. The first-order valence-electron chi connectivity index (χ1n) is 9.35. The number of halogens is 3. The topological polar surface area (TPSA) is 49.8 Å². The van der Waals surface area contributed by atoms with E-state index in [1.165, 1.54) is 12.1 Å². The summed E-state index contributed by atoms with van der Waals surface area (Å²) in [7, 11) is 0. The first kappa shape index (κ1) is 19.3. The van der Waals surface area contributed by atoms with Gasteiger partial charge in [-0.15, -0.1) is 0 Å². The van der Waals surface area contributed by atoms with E-state index in [0.717, 1.165) is 43.5 Å². The van der Waals surface area contributed by atoms with Gasteiger partial charge in [-0.2, -0.15) is 0 Å². The quantitative estimate of drug-likeness (QED) is 0.664. The molecule has 1 saturated heterocycles. The van der Waals surface area contributed by atoms with Crippen molar-refractivity contribution in [2.75, 3.05) is 18.0 Å². The van der Waals surface area contributed by atoms with Crippen LogP contribution in [-0.2, 0) is 0 Å². The highest BCUT2D eigenvalue weighted by Crippen LogP contribution is 2.45. The average Bonchev–Trinajstić information content (AvgIpc) is 3.46. The predicted octanol–water partition coefficient (Wildman–Crippen LogP) is 5.76. The van der Waals surface area contributed by atoms with Crippen molar-refractivity contribution in [1.29, 1.82) is 0 Å². The molecule has 2 fully saturated rings. The smallest absolute Gasteiger partial charge is 0.338 e. The average molecular weight is 424 g/mol. The van der Waals surface area contributed by atoms with Crippen LogP contribution >= 0.6 is 23.2 Å². The Kier molecular flexibility index (Phi) is 5.39. The summed E-state index contributed by atoms with van der Waals surface area (Å²) in [5, 5.41) is 10.4. The number of carbonyl (C=O) groups is 1. The number of carboxylic acid groups (broad SMARTS) is 1. The van der Waals surface area contributed by atoms with Gasteiger partial charge in [-0.25, -0.2) is 9.18 Å². The highest BCUT2D eigenvalue weighted by Gasteiger charge is 2.31. The molecule has 1 aliphatic heterocycles. The third-order valence-corrected chi connectivity index (χ3v) is 5.67. The minimum absolute atomic E-state index is 0.126. The van der Waals surface area contributed by atoms with E-state index in [1.807, 2.05) is 12.1 Å². The molecule has 0 bridgehead atoms. The predicted molar refractivity (Wildman–Crippen MR) is 108 cm³/mol. The number of nitrogens with zero attached hydrogens (tertiary/aromatic N) is 1. The zero-order chi connectivity index (χ0) is 19.8. The van der Waals surface area contributed by atoms with Gasteiger partial charge in [-0.3, -0.25) is 0 Å². The highest BCUT2D eigenvalue weighted by atomic mass is 35.5. The number of piperidine rings is 1. The molecule has 0 aromatic heterocycles. The highest BCUT2D eigenvalue weighted by molar-refractivity contribution is 6.35. The fraction of sp³-hybridized carbons (Fsp3) is 0.381. The lowest BCUT2D eigenvalue weighted by atomic mass is 10.0. The maximum atomic E-state index is 14.2. The summed E-state index contributed by atoms with van der Waals surface area (Å²) in [4.78, 5) is 13.4. The zero-order valence-electron chi connectivity index (χ0n) is 15.1. The number of ether oxygens (including phenoxy) is 1. The van der Waals surface area contributed by atoms with E-state index >= 15 is 0 Å². The molecule has 0 unspecified atom stereocenters. The Balaban J connectivity index is 1.55. The van der Waals surface area contributed by atoms with Gasteiger partial charge in [0, 0.05) is 28.3 Å². The van der Waals surface area contributed by atoms with E-state index in [1.54, 1.807) is 6.07 Å². The third kappa shape index (κ3) is 4.20. The van der Waals surface area contributed by atoms with Crippen LogP contribution in [0.15, 0.2) is 30.3 Å². The van der Waals surface area contributed by atoms with Crippen molar-refractivity contribution >= 4 is 34.9 Å². The molecular weight excluding hydrogens is 404 g/mol. The second kappa shape index (κ2) is 7.80. The van der Waals surface area contributed by atoms with Crippen LogP contribution < -0.4 is 9.64 Å². The lowest BCUT2D eigenvalue weighted by Crippen LogP contribution is -2.41. The Morgan fingerprint density at radius 1 is 1.11 bits per heavy atom. The van der Waals surface area contributed by atoms with Crippen LogP contribution in [0.2, 0.25) is 10.0 Å². The first-order chi connectivity index (χ1) is 13.4. The Labute approximate surface area is 172 Å². The summed E-state index contributed by atoms with van der Waals surface area (Å²) in [5.41, 5.74) is 1.43. The van der Waals surface area contributed by atoms with Gasteiger partial charge in [0.25, 0.3) is 0 Å². The van der Waals surface area contributed by atoms with Crippen LogP contribution in [0.4, 0.5) is 10.1 Å². The Hall–Kier alpha value is -1.98. The summed E-state index contributed by atoms with van der Waals surface area (Å²) in [6.45, 7) is 1.49. The van der Waals surface area contributed by atoms with Crippen LogP contribution in [0.3, 0.4) is 0 Å². The molecule has 2 aliphatic rings. The molecule has 2 aromatic rings. The Bertz CT molecular complexity index is 897. The molecule has 28 heavy (non-hydrogen) atoms. The van der Waals surface area contributed by atoms with Gasteiger partial charge < -0.3 is 14.7 Å². The van der Waals surface area contributed by atoms with E-state index in [4.69, 9.17) is 27.9 Å². The molecular formula is C21H20Cl2FNO3. The number of benzene rings is 2. The Morgan fingerprint density at radius 3 is 2.46 bits per heavy atom. The molecule has 1 heterocycles. The molecule has 4 nitrogen and oxygen atoms in total. The van der Waals surface area contributed by atoms with E-state index in [-0.39, 0.29) is 17.6 Å². The van der Waals surface area contributed by atoms with Crippen molar-refractivity contribution in [3.63, 3.8) is 0 Å². The molecule has 148 valence electrons. The minimum atomic E-state index is -1.26. The molecule has 1 N–H and O–H groups in total. The largest absolute Gasteiger partial charge is 0.488 e. The van der Waals surface area contributed by atoms with Crippen LogP contribution in [0.5, 0.6) is 5.75 Å². The van der Waals surface area contributed by atoms with E-state index < -0.39 is 11.8 Å². The van der Waals surface area contributed by atoms with Crippen molar-refractivity contribution in [3.8, 4) is 5.75 Å². The van der Waals surface area contributed by atoms with Gasteiger partial charge in [-0.05, 0) is 61.4 Å². The summed E-state index contributed by atoms with van der Waals surface area (Å²) in [6, 6.07) is 8.09. The molecule has 1 aliphatic carbocycles. The molecule has 4 rings (SSSR count). The minimum Gasteiger partial charge on any atom is -0.488 e. The van der Waals surface area contributed by atoms with Crippen LogP contribution in [0.1, 0.15) is 47.5 Å². The third-order valence-electron chi connectivity index (χ3n) is 5.23. The van der Waals surface area contributed by atoms with E-state index in [0.29, 0.717) is 22.3 Å². The number of rotatable bonds is 5. The molecule has 7 heteroatoms. The van der Waals surface area contributed by atoms with Gasteiger partial charge in [0.1, 0.15) is 17.7 Å². The van der Waals surface area contributed by atoms with Crippen molar-refractivity contribution in [3.05, 3.63) is 57.3 Å². The van der Waals surface area contributed by atoms with Crippen molar-refractivity contribution < 1.29 is 19.0 Å². The first-order valence-corrected chi connectivity index (χ1v) is 10.1. The monoisotopic (exact) mass is 423 g/mol. The molecule has 2 aromatic carbocycles. The van der Waals surface area contributed by atoms with Crippen molar-refractivity contribution in [1.82, 2.24) is 0 Å². The van der Waals surface area contributed by atoms with Crippen molar-refractivity contribution in [2.24, 2.45) is 0 Å². The van der Waals surface area contributed by atoms with E-state index in [2.05, 4.69) is 4.90 Å². The SMILES string of the molecule is O=C(O)c1cc(C2CC2)c(O[C@@H]2CCCN(c3cc(Cl)cc(Cl)c3)C2)cc1F. The zero-order valence-corrected chi connectivity index (χ0v) is 16.6. The molecule has 0 amide bonds. The number of carboxylic acids is 1. The van der Waals surface area contributed by atoms with Crippen LogP contribution in [0.25, 0.3) is 0 Å². The van der Waals surface area contributed by atoms with Crippen molar-refractivity contribution in [2.45, 2.75) is 37.7 Å². The summed E-state index contributed by atoms with van der Waals surface area (Å²) in [6.07, 6.45) is 3.58. The van der Waals surface area contributed by atoms with Gasteiger partial charge >= 0.3 is 5.97 Å². The Morgan fingerprint density at radius 2 is 1.82 bits per heavy atom.